The fraction of sp³-hybridized carbons (Fsp3) is 0.209. The van der Waals surface area contributed by atoms with E-state index >= 15 is 0 Å². The highest BCUT2D eigenvalue weighted by Crippen LogP contribution is 2.37. The van der Waals surface area contributed by atoms with Crippen LogP contribution in [0.1, 0.15) is 139 Å². The summed E-state index contributed by atoms with van der Waals surface area (Å²) in [5.74, 6) is -4.69. The van der Waals surface area contributed by atoms with Gasteiger partial charge < -0.3 is 69.7 Å². The molecule has 3 aliphatic heterocycles. The number of alkyl carbamates (subject to hydrolysis) is 5. The first-order valence-corrected chi connectivity index (χ1v) is 48.3. The van der Waals surface area contributed by atoms with Gasteiger partial charge in [-0.05, 0) is 154 Å². The summed E-state index contributed by atoms with van der Waals surface area (Å²) in [4.78, 5) is 209. The molecule has 50 heteroatoms. The number of thiophene rings is 7. The fourth-order valence-corrected chi connectivity index (χ4v) is 19.9. The predicted molar refractivity (Wildman–Crippen MR) is 518 cm³/mol. The van der Waals surface area contributed by atoms with Gasteiger partial charge in [0.1, 0.15) is 36.0 Å². The lowest BCUT2D eigenvalue weighted by atomic mass is 10.2. The molecule has 0 spiro atoms. The number of morpholine rings is 1. The van der Waals surface area contributed by atoms with Crippen molar-refractivity contribution in [2.24, 2.45) is 0 Å². The number of imide groups is 5. The molecule has 0 saturated carbocycles. The molecule has 1 aromatic carbocycles. The van der Waals surface area contributed by atoms with E-state index in [2.05, 4.69) is 91.9 Å². The summed E-state index contributed by atoms with van der Waals surface area (Å²) in [5.41, 5.74) is 3.75. The number of nitrogens with zero attached hydrogens (tertiary/aromatic N) is 8. The quantitative estimate of drug-likeness (QED) is 0.0299. The molecule has 1 unspecified atom stereocenters. The zero-order chi connectivity index (χ0) is 97.4. The Morgan fingerprint density at radius 1 is 0.478 bits per heavy atom. The number of fused-ring (bicyclic) bond motifs is 5. The molecule has 1 fully saturated rings. The Morgan fingerprint density at radius 2 is 0.941 bits per heavy atom. The Bertz CT molecular complexity index is 6750. The first-order valence-electron chi connectivity index (χ1n) is 40.4. The molecule has 1 saturated heterocycles. The summed E-state index contributed by atoms with van der Waals surface area (Å²) in [6.45, 7) is 15.0. The molecule has 3 aliphatic rings. The predicted octanol–water partition coefficient (Wildman–Crippen LogP) is 16.9. The zero-order valence-electron chi connectivity index (χ0n) is 72.4. The van der Waals surface area contributed by atoms with E-state index in [0.29, 0.717) is 83.5 Å². The van der Waals surface area contributed by atoms with E-state index in [-0.39, 0.29) is 93.1 Å². The molecular weight excluding hydrogens is 1960 g/mol. The minimum atomic E-state index is -0.958. The lowest BCUT2D eigenvalue weighted by molar-refractivity contribution is -0.122. The van der Waals surface area contributed by atoms with Crippen LogP contribution in [0.3, 0.4) is 0 Å². The van der Waals surface area contributed by atoms with Gasteiger partial charge in [0.05, 0.1) is 105 Å². The molecule has 0 bridgehead atoms. The summed E-state index contributed by atoms with van der Waals surface area (Å²) in [6.07, 6.45) is 10.7. The topological polar surface area (TPSA) is 506 Å². The largest absolute Gasteiger partial charge is 0.450 e. The lowest BCUT2D eigenvalue weighted by Crippen LogP contribution is -2.45. The molecule has 136 heavy (non-hydrogen) atoms. The van der Waals surface area contributed by atoms with Crippen molar-refractivity contribution in [1.82, 2.24) is 61.3 Å². The second-order valence-electron chi connectivity index (χ2n) is 27.8. The first-order chi connectivity index (χ1) is 65.3. The van der Waals surface area contributed by atoms with Gasteiger partial charge in [-0.2, -0.15) is 4.39 Å². The van der Waals surface area contributed by atoms with Gasteiger partial charge in [0.25, 0.3) is 59.1 Å². The zero-order valence-corrected chi connectivity index (χ0v) is 80.5. The normalized spacial score (nSPS) is 12.8. The van der Waals surface area contributed by atoms with Gasteiger partial charge in [-0.3, -0.25) is 84.5 Å². The highest BCUT2D eigenvalue weighted by Gasteiger charge is 2.37. The molecular formula is C86H78ClFN18O21S9. The van der Waals surface area contributed by atoms with Crippen molar-refractivity contribution in [2.75, 3.05) is 91.3 Å². The number of allylic oxidation sites excluding steroid dienone is 3. The van der Waals surface area contributed by atoms with Crippen molar-refractivity contribution in [3.63, 3.8) is 0 Å². The van der Waals surface area contributed by atoms with E-state index < -0.39 is 83.1 Å². The van der Waals surface area contributed by atoms with Crippen LogP contribution in [0.25, 0.3) is 40.6 Å². The van der Waals surface area contributed by atoms with Gasteiger partial charge >= 0.3 is 30.5 Å². The number of hydrogen-bond donors (Lipinski definition) is 10. The number of carbonyl (C=O) groups excluding carboxylic acids is 15. The van der Waals surface area contributed by atoms with E-state index in [1.807, 2.05) is 66.9 Å². The van der Waals surface area contributed by atoms with Crippen LogP contribution >= 0.6 is 114 Å². The Balaban J connectivity index is 0.000000153. The van der Waals surface area contributed by atoms with Crippen molar-refractivity contribution >= 4 is 275 Å². The first kappa shape index (κ1) is 101. The maximum Gasteiger partial charge on any atom is 0.414 e. The Kier molecular flexibility index (Phi) is 35.2. The summed E-state index contributed by atoms with van der Waals surface area (Å²) in [6, 6.07) is 21.3. The van der Waals surface area contributed by atoms with Gasteiger partial charge in [-0.1, -0.05) is 35.1 Å². The fourth-order valence-electron chi connectivity index (χ4n) is 12.2. The van der Waals surface area contributed by atoms with Crippen LogP contribution in [0.4, 0.5) is 59.2 Å². The van der Waals surface area contributed by atoms with Gasteiger partial charge in [0.2, 0.25) is 0 Å². The Labute approximate surface area is 811 Å². The van der Waals surface area contributed by atoms with E-state index in [4.69, 9.17) is 25.8 Å². The number of hydrogen-bond acceptors (Lipinski definition) is 38. The SMILES string of the molecule is CC(C)OC(=O)NC(=O)c1ccsc1NC(=O)c1nc2c(N3CCOCC3)nccc2s1.CCOC(=O)NC(=O)c1cc(F)sc1NC(=O)c1nc2cnccc2s1.CCOC(=O)NC(=O)c1ccsc1NC(=O)C1N(C)C=C2C=CC(C)=CN21.CCOC(=O)NC(=O)c1ccsc1NC(=O)c1cc2ccc(Cl)cc2s1.CCOC(=O)NC(=O)c1ccsc1NC(=O)c1cc2cnccc2s1. The average Bonchev–Trinajstić information content (AvgIpc) is 1.64. The standard InChI is InChI=1S/C20H21N5O5S2.C18H20N4O4S.C17H13ClN2O4S2.C16H13N3O4S2.C15H11FN4O4S2/c1-11(2)30-20(28)24-16(26)12-4-10-31-18(12)23-17(27)19-22-14-13(32-19)3-5-21-15(14)25-6-8-29-9-7-25;1-4-26-18(25)20-14(23)13-7-8-27-16(13)19-15(24)17-21(3)10-12-6-5-11(2)9-22(12)17;1-2-24-17(23)20-14(21)11-5-6-25-16(11)19-15(22)13-7-9-3-4-10(18)8-12(9)26-13;1-2-23-16(22)19-13(20)10-4-6-24-15(10)18-14(21)12-7-9-8-17-5-3-11(9)25-12;1-2-24-15(23)20-11(21)7-5-10(16)26-13(7)19-12(22)14-18-8-6-17-4-3-9(8)25-14/h3-5,10-11H,6-9H2,1-2H3,(H,23,27)(H,24,26,28);5-10,17H,4H2,1-3H3,(H,19,24)(H,20,23,25);3-8H,2H2,1H3,(H,19,22)(H,20,21,23);3-8H,2H2,1H3,(H,18,21)(H,19,20,22);3-6H,2H2,1H3,(H,19,22)(H,20,21,23). The van der Waals surface area contributed by atoms with E-state index in [9.17, 15) is 76.3 Å². The van der Waals surface area contributed by atoms with Crippen LogP contribution in [-0.2, 0) is 33.2 Å². The van der Waals surface area contributed by atoms with Crippen LogP contribution in [0.2, 0.25) is 5.02 Å². The monoisotopic (exact) mass is 2040 g/mol. The van der Waals surface area contributed by atoms with Crippen molar-refractivity contribution in [3.8, 4) is 0 Å². The van der Waals surface area contributed by atoms with Gasteiger partial charge in [0, 0.05) is 83.2 Å². The van der Waals surface area contributed by atoms with Crippen LogP contribution in [0.5, 0.6) is 0 Å². The number of amides is 15. The maximum atomic E-state index is 13.6. The number of thiazole rings is 2. The summed E-state index contributed by atoms with van der Waals surface area (Å²) < 4.78 is 46.0. The van der Waals surface area contributed by atoms with Crippen molar-refractivity contribution in [2.45, 2.75) is 60.7 Å². The molecule has 0 radical (unpaired) electrons. The average molecular weight is 2040 g/mol. The molecule has 16 rings (SSSR count). The molecule has 1 atom stereocenters. The summed E-state index contributed by atoms with van der Waals surface area (Å²) >= 11 is 16.3. The van der Waals surface area contributed by atoms with Crippen LogP contribution in [0, 0.1) is 5.13 Å². The number of halogens is 2. The Morgan fingerprint density at radius 3 is 1.46 bits per heavy atom. The third kappa shape index (κ3) is 26.6. The van der Waals surface area contributed by atoms with Crippen molar-refractivity contribution in [3.05, 3.63) is 225 Å². The second kappa shape index (κ2) is 47.6. The molecule has 10 N–H and O–H groups in total. The number of aromatic nitrogens is 5. The minimum Gasteiger partial charge on any atom is -0.450 e. The van der Waals surface area contributed by atoms with Crippen LogP contribution in [0.15, 0.2) is 167 Å². The molecule has 13 aromatic rings. The number of ether oxygens (including phenoxy) is 6. The number of rotatable bonds is 21. The molecule has 12 aromatic heterocycles. The summed E-state index contributed by atoms with van der Waals surface area (Å²) in [5, 5.41) is 33.9. The number of carbonyl (C=O) groups is 15. The molecule has 15 amide bonds. The van der Waals surface area contributed by atoms with Gasteiger partial charge in [-0.15, -0.1) is 90.7 Å². The highest BCUT2D eigenvalue weighted by atomic mass is 35.5. The van der Waals surface area contributed by atoms with E-state index in [1.54, 1.807) is 129 Å². The molecule has 706 valence electrons. The number of benzene rings is 1. The third-order valence-corrected chi connectivity index (χ3v) is 26.7. The van der Waals surface area contributed by atoms with Crippen LogP contribution < -0.4 is 58.1 Å². The second-order valence-corrected chi connectivity index (χ2v) is 37.2. The van der Waals surface area contributed by atoms with Gasteiger partial charge in [-0.25, -0.2) is 38.9 Å². The molecule has 39 nitrogen and oxygen atoms in total. The van der Waals surface area contributed by atoms with E-state index in [1.165, 1.54) is 104 Å². The lowest BCUT2D eigenvalue weighted by Gasteiger charge is -2.29. The summed E-state index contributed by atoms with van der Waals surface area (Å²) in [7, 11) is 1.81. The number of pyridine rings is 3. The van der Waals surface area contributed by atoms with Crippen molar-refractivity contribution < 1.29 is 105 Å². The Hall–Kier alpha value is -14.3. The smallest absolute Gasteiger partial charge is 0.414 e. The maximum absolute atomic E-state index is 13.6. The third-order valence-electron chi connectivity index (χ3n) is 18.1. The number of anilines is 6. The molecule has 0 aliphatic carbocycles. The minimum absolute atomic E-state index is 0.0355. The number of likely N-dealkylation sites (N-methyl/N-ethyl adjacent to an activating group) is 1. The number of nitrogens with one attached hydrogen (secondary N) is 10. The molecule has 15 heterocycles. The van der Waals surface area contributed by atoms with E-state index in [0.717, 1.165) is 64.1 Å². The highest BCUT2D eigenvalue weighted by molar-refractivity contribution is 7.22. The van der Waals surface area contributed by atoms with Gasteiger partial charge in [0.15, 0.2) is 27.1 Å². The van der Waals surface area contributed by atoms with Crippen molar-refractivity contribution in [1.29, 1.82) is 0 Å². The van der Waals surface area contributed by atoms with Crippen LogP contribution in [-0.4, -0.2) is 196 Å².